The van der Waals surface area contributed by atoms with Crippen LogP contribution in [0.2, 0.25) is 0 Å². The van der Waals surface area contributed by atoms with Gasteiger partial charge in [0.15, 0.2) is 0 Å². The van der Waals surface area contributed by atoms with Gasteiger partial charge in [0.05, 0.1) is 48.8 Å². The smallest absolute Gasteiger partial charge is 0.334 e. The van der Waals surface area contributed by atoms with Crippen LogP contribution in [0.5, 0.6) is 0 Å². The zero-order valence-corrected chi connectivity index (χ0v) is 28.5. The molecule has 0 aromatic heterocycles. The number of carbonyl (C=O) groups is 1. The summed E-state index contributed by atoms with van der Waals surface area (Å²) in [5, 5.41) is 42.2. The lowest BCUT2D eigenvalue weighted by atomic mass is 9.98. The normalized spacial score (nSPS) is 27.8. The average molecular weight is 639 g/mol. The van der Waals surface area contributed by atoms with Gasteiger partial charge in [-0.2, -0.15) is 0 Å². The number of hydrogen-bond donors (Lipinski definition) is 4. The molecule has 262 valence electrons. The van der Waals surface area contributed by atoms with Crippen molar-refractivity contribution in [2.45, 2.75) is 216 Å². The summed E-state index contributed by atoms with van der Waals surface area (Å²) in [5.74, 6) is -0.323. The predicted molar refractivity (Wildman–Crippen MR) is 177 cm³/mol. The van der Waals surface area contributed by atoms with Gasteiger partial charge in [0, 0.05) is 12.0 Å². The van der Waals surface area contributed by atoms with Crippen molar-refractivity contribution in [1.82, 2.24) is 0 Å². The molecule has 9 atom stereocenters. The van der Waals surface area contributed by atoms with Gasteiger partial charge >= 0.3 is 5.97 Å². The number of aliphatic hydroxyl groups excluding tert-OH is 4. The van der Waals surface area contributed by atoms with Gasteiger partial charge in [0.1, 0.15) is 6.10 Å². The van der Waals surface area contributed by atoms with Crippen LogP contribution in [0.4, 0.5) is 0 Å². The molecule has 2 saturated heterocycles. The van der Waals surface area contributed by atoms with E-state index < -0.39 is 24.4 Å². The van der Waals surface area contributed by atoms with Gasteiger partial charge in [-0.25, -0.2) is 4.79 Å². The van der Waals surface area contributed by atoms with Gasteiger partial charge in [0.2, 0.25) is 0 Å². The van der Waals surface area contributed by atoms with E-state index in [0.717, 1.165) is 57.8 Å². The van der Waals surface area contributed by atoms with Crippen LogP contribution >= 0.6 is 0 Å². The second-order valence-electron chi connectivity index (χ2n) is 14.2. The zero-order chi connectivity index (χ0) is 32.4. The number of ether oxygens (including phenoxy) is 3. The molecule has 0 bridgehead atoms. The van der Waals surface area contributed by atoms with Gasteiger partial charge in [-0.3, -0.25) is 0 Å². The highest BCUT2D eigenvalue weighted by Gasteiger charge is 2.40. The first kappa shape index (κ1) is 38.4. The van der Waals surface area contributed by atoms with Gasteiger partial charge < -0.3 is 34.6 Å². The van der Waals surface area contributed by atoms with E-state index in [-0.39, 0.29) is 36.5 Å². The molecule has 0 radical (unpaired) electrons. The number of carbonyl (C=O) groups excluding carboxylic acids is 1. The molecule has 0 amide bonds. The molecule has 0 aromatic carbocycles. The molecule has 8 heteroatoms. The number of aliphatic hydroxyl groups is 4. The molecule has 0 aliphatic carbocycles. The summed E-state index contributed by atoms with van der Waals surface area (Å²) in [4.78, 5) is 11.7. The van der Waals surface area contributed by atoms with E-state index in [1.54, 1.807) is 6.08 Å². The molecule has 4 N–H and O–H groups in total. The lowest BCUT2D eigenvalue weighted by Gasteiger charge is -2.24. The maximum absolute atomic E-state index is 11.7. The number of hydrogen-bond acceptors (Lipinski definition) is 8. The minimum absolute atomic E-state index is 0.00839. The largest absolute Gasteiger partial charge is 0.455 e. The quantitative estimate of drug-likeness (QED) is 0.0634. The minimum atomic E-state index is -0.599. The first-order chi connectivity index (χ1) is 21.8. The summed E-state index contributed by atoms with van der Waals surface area (Å²) in [7, 11) is 0. The molecule has 3 rings (SSSR count). The van der Waals surface area contributed by atoms with Crippen LogP contribution in [0, 0.1) is 0 Å². The number of rotatable bonds is 25. The maximum atomic E-state index is 11.7. The molecule has 0 unspecified atom stereocenters. The molecule has 45 heavy (non-hydrogen) atoms. The van der Waals surface area contributed by atoms with Gasteiger partial charge in [-0.15, -0.1) is 0 Å². The average Bonchev–Trinajstić information content (AvgIpc) is 3.77. The van der Waals surface area contributed by atoms with Crippen molar-refractivity contribution in [3.63, 3.8) is 0 Å². The van der Waals surface area contributed by atoms with Crippen LogP contribution in [-0.4, -0.2) is 81.3 Å². The summed E-state index contributed by atoms with van der Waals surface area (Å²) in [6.07, 6.45) is 21.6. The van der Waals surface area contributed by atoms with Crippen molar-refractivity contribution in [2.24, 2.45) is 0 Å². The molecular formula is C37H66O8. The summed E-state index contributed by atoms with van der Waals surface area (Å²) in [6, 6.07) is 0. The topological polar surface area (TPSA) is 126 Å². The van der Waals surface area contributed by atoms with E-state index in [4.69, 9.17) is 14.2 Å². The van der Waals surface area contributed by atoms with Crippen LogP contribution in [0.3, 0.4) is 0 Å². The highest BCUT2D eigenvalue weighted by molar-refractivity contribution is 5.90. The van der Waals surface area contributed by atoms with E-state index in [0.29, 0.717) is 37.7 Å². The van der Waals surface area contributed by atoms with Crippen LogP contribution < -0.4 is 0 Å². The number of esters is 1. The molecule has 3 aliphatic rings. The van der Waals surface area contributed by atoms with Gasteiger partial charge in [-0.05, 0) is 70.8 Å². The third-order valence-corrected chi connectivity index (χ3v) is 10.1. The van der Waals surface area contributed by atoms with E-state index in [2.05, 4.69) is 6.92 Å². The fraction of sp³-hybridized carbons (Fsp3) is 0.919. The fourth-order valence-corrected chi connectivity index (χ4v) is 7.29. The summed E-state index contributed by atoms with van der Waals surface area (Å²) < 4.78 is 17.6. The second-order valence-corrected chi connectivity index (χ2v) is 14.2. The summed E-state index contributed by atoms with van der Waals surface area (Å²) in [6.45, 7) is 4.07. The van der Waals surface area contributed by atoms with Crippen molar-refractivity contribution in [2.75, 3.05) is 0 Å². The Bertz CT molecular complexity index is 833. The lowest BCUT2D eigenvalue weighted by molar-refractivity contribution is -0.139. The Morgan fingerprint density at radius 3 is 1.69 bits per heavy atom. The molecule has 8 nitrogen and oxygen atoms in total. The third kappa shape index (κ3) is 14.7. The monoisotopic (exact) mass is 638 g/mol. The molecule has 0 spiro atoms. The Kier molecular flexibility index (Phi) is 18.6. The van der Waals surface area contributed by atoms with E-state index in [1.165, 1.54) is 57.8 Å². The Labute approximate surface area is 273 Å². The molecule has 2 fully saturated rings. The van der Waals surface area contributed by atoms with Crippen molar-refractivity contribution < 1.29 is 39.4 Å². The van der Waals surface area contributed by atoms with E-state index in [1.807, 2.05) is 6.92 Å². The predicted octanol–water partition coefficient (Wildman–Crippen LogP) is 6.83. The van der Waals surface area contributed by atoms with E-state index >= 15 is 0 Å². The lowest BCUT2D eigenvalue weighted by Crippen LogP contribution is -2.33. The van der Waals surface area contributed by atoms with Gasteiger partial charge in [0.25, 0.3) is 0 Å². The summed E-state index contributed by atoms with van der Waals surface area (Å²) in [5.41, 5.74) is 0.565. The van der Waals surface area contributed by atoms with E-state index in [9.17, 15) is 25.2 Å². The minimum Gasteiger partial charge on any atom is -0.455 e. The molecule has 3 aliphatic heterocycles. The van der Waals surface area contributed by atoms with Crippen LogP contribution in [-0.2, 0) is 19.0 Å². The van der Waals surface area contributed by atoms with Crippen LogP contribution in [0.15, 0.2) is 11.6 Å². The van der Waals surface area contributed by atoms with Crippen molar-refractivity contribution >= 4 is 5.97 Å². The Hall–Kier alpha value is -1.03. The third-order valence-electron chi connectivity index (χ3n) is 10.1. The number of unbranched alkanes of at least 4 members (excludes halogenated alkanes) is 11. The Morgan fingerprint density at radius 2 is 1.13 bits per heavy atom. The van der Waals surface area contributed by atoms with Crippen molar-refractivity contribution in [3.8, 4) is 0 Å². The van der Waals surface area contributed by atoms with Crippen molar-refractivity contribution in [3.05, 3.63) is 11.6 Å². The Morgan fingerprint density at radius 1 is 0.644 bits per heavy atom. The zero-order valence-electron chi connectivity index (χ0n) is 28.5. The van der Waals surface area contributed by atoms with Crippen LogP contribution in [0.1, 0.15) is 162 Å². The highest BCUT2D eigenvalue weighted by atomic mass is 16.6. The van der Waals surface area contributed by atoms with Crippen molar-refractivity contribution in [1.29, 1.82) is 0 Å². The molecule has 3 heterocycles. The molecule has 0 aromatic rings. The molecular weight excluding hydrogens is 572 g/mol. The maximum Gasteiger partial charge on any atom is 0.334 e. The van der Waals surface area contributed by atoms with Crippen LogP contribution in [0.25, 0.3) is 0 Å². The highest BCUT2D eigenvalue weighted by Crippen LogP contribution is 2.34. The second kappa shape index (κ2) is 21.8. The summed E-state index contributed by atoms with van der Waals surface area (Å²) >= 11 is 0. The standard InChI is InChI=1S/C37H66O8/c1-3-4-5-6-7-8-9-10-11-15-18-31(40)33-21-23-35(44-33)36-24-22-34(45-36)32(41)20-19-29(38)16-13-12-14-17-30(39)26-28-25-27(2)43-37(28)42/h25,27,29-36,38-41H,3-24,26H2,1-2H3/t27-,29+,30+,31+,32+,33+,34+,35+,36+/m1/s1. The fourth-order valence-electron chi connectivity index (χ4n) is 7.29. The SMILES string of the molecule is CCCCCCCCCCCC[C@H](O)[C@@H]1CC[C@@H]([C@@H]2CC[C@@H]([C@@H](O)CC[C@@H](O)CCCCC[C@H](O)CC3=C[C@@H](C)OC3=O)O2)O1. The first-order valence-electron chi connectivity index (χ1n) is 18.7. The molecule has 0 saturated carbocycles. The number of cyclic esters (lactones) is 1. The Balaban J connectivity index is 1.18. The first-order valence-corrected chi connectivity index (χ1v) is 18.7. The van der Waals surface area contributed by atoms with Gasteiger partial charge in [-0.1, -0.05) is 90.4 Å².